The van der Waals surface area contributed by atoms with Crippen molar-refractivity contribution in [2.24, 2.45) is 0 Å². The van der Waals surface area contributed by atoms with Gasteiger partial charge in [-0.15, -0.1) is 0 Å². The molecule has 25 heavy (non-hydrogen) atoms. The molecule has 6 nitrogen and oxygen atoms in total. The number of amides is 2. The molecule has 0 atom stereocenters. The van der Waals surface area contributed by atoms with Crippen LogP contribution in [0.15, 0.2) is 42.5 Å². The van der Waals surface area contributed by atoms with Crippen LogP contribution in [0.5, 0.6) is 0 Å². The topological polar surface area (TPSA) is 83.6 Å². The van der Waals surface area contributed by atoms with Crippen LogP contribution in [0.4, 0.5) is 11.4 Å². The van der Waals surface area contributed by atoms with Crippen LogP contribution in [-0.4, -0.2) is 26.0 Å². The van der Waals surface area contributed by atoms with Crippen molar-refractivity contribution in [3.8, 4) is 0 Å². The predicted molar refractivity (Wildman–Crippen MR) is 96.7 cm³/mol. The molecule has 0 spiro atoms. The monoisotopic (exact) mass is 398 g/mol. The fraction of sp³-hybridized carbons (Fsp3) is 0.125. The quantitative estimate of drug-likeness (QED) is 0.859. The molecule has 1 saturated heterocycles. The van der Waals surface area contributed by atoms with Crippen molar-refractivity contribution in [2.45, 2.75) is 6.42 Å². The van der Waals surface area contributed by atoms with Crippen molar-refractivity contribution in [1.29, 1.82) is 0 Å². The van der Waals surface area contributed by atoms with Gasteiger partial charge in [0.15, 0.2) is 0 Å². The minimum absolute atomic E-state index is 0.0204. The highest BCUT2D eigenvalue weighted by molar-refractivity contribution is 7.94. The average Bonchev–Trinajstić information content (AvgIpc) is 2.83. The van der Waals surface area contributed by atoms with Crippen LogP contribution in [0, 0.1) is 0 Å². The van der Waals surface area contributed by atoms with Crippen molar-refractivity contribution in [3.05, 3.63) is 58.1 Å². The van der Waals surface area contributed by atoms with Gasteiger partial charge in [0.05, 0.1) is 16.5 Å². The van der Waals surface area contributed by atoms with E-state index >= 15 is 0 Å². The summed E-state index contributed by atoms with van der Waals surface area (Å²) < 4.78 is 24.8. The summed E-state index contributed by atoms with van der Waals surface area (Å²) in [6.07, 6.45) is -0.111. The second kappa shape index (κ2) is 6.67. The van der Waals surface area contributed by atoms with Gasteiger partial charge in [-0.3, -0.25) is 9.59 Å². The molecular weight excluding hydrogens is 387 g/mol. The van der Waals surface area contributed by atoms with Gasteiger partial charge in [-0.05, 0) is 42.5 Å². The summed E-state index contributed by atoms with van der Waals surface area (Å²) in [4.78, 5) is 24.3. The molecule has 0 aliphatic carbocycles. The van der Waals surface area contributed by atoms with E-state index in [0.717, 1.165) is 0 Å². The Kier molecular flexibility index (Phi) is 4.73. The lowest BCUT2D eigenvalue weighted by Crippen LogP contribution is -2.29. The summed E-state index contributed by atoms with van der Waals surface area (Å²) >= 11 is 11.8. The zero-order valence-electron chi connectivity index (χ0n) is 12.7. The molecule has 1 fully saturated rings. The Morgan fingerprint density at radius 1 is 1.08 bits per heavy atom. The normalized spacial score (nSPS) is 16.1. The molecule has 0 aromatic heterocycles. The Hall–Kier alpha value is -2.09. The Bertz CT molecular complexity index is 959. The molecule has 9 heteroatoms. The molecule has 0 unspecified atom stereocenters. The Balaban J connectivity index is 1.92. The summed E-state index contributed by atoms with van der Waals surface area (Å²) in [6.45, 7) is 0. The summed E-state index contributed by atoms with van der Waals surface area (Å²) in [5, 5.41) is 3.26. The van der Waals surface area contributed by atoms with E-state index in [0.29, 0.717) is 15.0 Å². The first kappa shape index (κ1) is 17.7. The molecule has 0 saturated carbocycles. The van der Waals surface area contributed by atoms with Gasteiger partial charge in [0.1, 0.15) is 0 Å². The lowest BCUT2D eigenvalue weighted by Gasteiger charge is -2.17. The first-order valence-electron chi connectivity index (χ1n) is 7.20. The maximum Gasteiger partial charge on any atom is 0.255 e. The maximum atomic E-state index is 12.4. The molecule has 3 rings (SSSR count). The zero-order chi connectivity index (χ0) is 18.2. The molecule has 2 aromatic rings. The largest absolute Gasteiger partial charge is 0.322 e. The number of nitrogens with one attached hydrogen (secondary N) is 1. The van der Waals surface area contributed by atoms with E-state index in [-0.39, 0.29) is 28.4 Å². The van der Waals surface area contributed by atoms with E-state index in [4.69, 9.17) is 23.2 Å². The lowest BCUT2D eigenvalue weighted by atomic mass is 10.1. The number of nitrogens with zero attached hydrogens (tertiary/aromatic N) is 1. The first-order chi connectivity index (χ1) is 11.8. The standard InChI is InChI=1S/C16H12Cl2N2O4S/c17-11-2-4-12(5-3-11)19-16(22)10-1-6-13(18)14(9-10)20-15(21)7-8-25(20,23)24/h1-6,9H,7-8H2,(H,19,22). The Morgan fingerprint density at radius 3 is 2.36 bits per heavy atom. The van der Waals surface area contributed by atoms with Crippen LogP contribution < -0.4 is 9.62 Å². The van der Waals surface area contributed by atoms with E-state index in [1.165, 1.54) is 18.2 Å². The fourth-order valence-corrected chi connectivity index (χ4v) is 4.24. The average molecular weight is 399 g/mol. The number of hydrogen-bond acceptors (Lipinski definition) is 4. The molecule has 1 N–H and O–H groups in total. The third-order valence-electron chi connectivity index (χ3n) is 3.61. The van der Waals surface area contributed by atoms with Crippen molar-refractivity contribution >= 4 is 56.4 Å². The smallest absolute Gasteiger partial charge is 0.255 e. The minimum atomic E-state index is -3.76. The highest BCUT2D eigenvalue weighted by Crippen LogP contribution is 2.33. The van der Waals surface area contributed by atoms with Crippen LogP contribution in [-0.2, 0) is 14.8 Å². The van der Waals surface area contributed by atoms with E-state index < -0.39 is 21.8 Å². The summed E-state index contributed by atoms with van der Waals surface area (Å²) in [5.41, 5.74) is 0.674. The zero-order valence-corrected chi connectivity index (χ0v) is 15.0. The van der Waals surface area contributed by atoms with Gasteiger partial charge in [0.25, 0.3) is 5.91 Å². The minimum Gasteiger partial charge on any atom is -0.322 e. The Labute approximate surface area is 154 Å². The van der Waals surface area contributed by atoms with Crippen LogP contribution in [0.1, 0.15) is 16.8 Å². The molecular formula is C16H12Cl2N2O4S. The predicted octanol–water partition coefficient (Wildman–Crippen LogP) is 3.31. The molecule has 130 valence electrons. The molecule has 1 heterocycles. The number of anilines is 2. The summed E-state index contributed by atoms with van der Waals surface area (Å²) in [7, 11) is -3.76. The number of hydrogen-bond donors (Lipinski definition) is 1. The molecule has 1 aliphatic heterocycles. The second-order valence-electron chi connectivity index (χ2n) is 5.35. The third kappa shape index (κ3) is 3.63. The van der Waals surface area contributed by atoms with Crippen LogP contribution >= 0.6 is 23.2 Å². The number of rotatable bonds is 3. The fourth-order valence-electron chi connectivity index (χ4n) is 2.39. The van der Waals surface area contributed by atoms with Gasteiger partial charge in [0.2, 0.25) is 15.9 Å². The number of halogens is 2. The van der Waals surface area contributed by atoms with E-state index in [9.17, 15) is 18.0 Å². The number of carbonyl (C=O) groups is 2. The first-order valence-corrected chi connectivity index (χ1v) is 9.57. The van der Waals surface area contributed by atoms with E-state index in [1.54, 1.807) is 24.3 Å². The lowest BCUT2D eigenvalue weighted by molar-refractivity contribution is -0.116. The second-order valence-corrected chi connectivity index (χ2v) is 8.13. The summed E-state index contributed by atoms with van der Waals surface area (Å²) in [6, 6.07) is 10.6. The van der Waals surface area contributed by atoms with Crippen molar-refractivity contribution < 1.29 is 18.0 Å². The maximum absolute atomic E-state index is 12.4. The van der Waals surface area contributed by atoms with Crippen LogP contribution in [0.25, 0.3) is 0 Å². The van der Waals surface area contributed by atoms with Gasteiger partial charge in [-0.1, -0.05) is 23.2 Å². The van der Waals surface area contributed by atoms with Gasteiger partial charge >= 0.3 is 0 Å². The molecule has 2 aromatic carbocycles. The van der Waals surface area contributed by atoms with E-state index in [1.807, 2.05) is 0 Å². The highest BCUT2D eigenvalue weighted by atomic mass is 35.5. The van der Waals surface area contributed by atoms with Crippen LogP contribution in [0.2, 0.25) is 10.0 Å². The van der Waals surface area contributed by atoms with Crippen LogP contribution in [0.3, 0.4) is 0 Å². The third-order valence-corrected chi connectivity index (χ3v) is 5.86. The molecule has 0 bridgehead atoms. The highest BCUT2D eigenvalue weighted by Gasteiger charge is 2.37. The number of sulfonamides is 1. The molecule has 1 aliphatic rings. The van der Waals surface area contributed by atoms with Crippen molar-refractivity contribution in [2.75, 3.05) is 15.4 Å². The Morgan fingerprint density at radius 2 is 1.76 bits per heavy atom. The summed E-state index contributed by atoms with van der Waals surface area (Å²) in [5.74, 6) is -1.31. The van der Waals surface area contributed by atoms with E-state index in [2.05, 4.69) is 5.32 Å². The van der Waals surface area contributed by atoms with Gasteiger partial charge in [-0.25, -0.2) is 12.7 Å². The number of benzene rings is 2. The molecule has 2 amide bonds. The van der Waals surface area contributed by atoms with Gasteiger partial charge in [0, 0.05) is 22.7 Å². The van der Waals surface area contributed by atoms with Crippen molar-refractivity contribution in [3.63, 3.8) is 0 Å². The van der Waals surface area contributed by atoms with Crippen molar-refractivity contribution in [1.82, 2.24) is 0 Å². The SMILES string of the molecule is O=C(Nc1ccc(Cl)cc1)c1ccc(Cl)c(N2C(=O)CCS2(=O)=O)c1. The van der Waals surface area contributed by atoms with Gasteiger partial charge in [-0.2, -0.15) is 0 Å². The number of carbonyl (C=O) groups excluding carboxylic acids is 2. The van der Waals surface area contributed by atoms with Gasteiger partial charge < -0.3 is 5.32 Å². The molecule has 0 radical (unpaired) electrons.